The van der Waals surface area contributed by atoms with Crippen molar-refractivity contribution in [3.05, 3.63) is 69.2 Å². The van der Waals surface area contributed by atoms with Crippen LogP contribution in [0.5, 0.6) is 0 Å². The first-order valence-corrected chi connectivity index (χ1v) is 7.98. The number of nitrogens with one attached hydrogen (secondary N) is 1. The Labute approximate surface area is 137 Å². The maximum absolute atomic E-state index is 6.36. The van der Waals surface area contributed by atoms with Crippen LogP contribution in [0, 0.1) is 12.8 Å². The molecule has 21 heavy (non-hydrogen) atoms. The normalized spacial score (nSPS) is 12.4. The quantitative estimate of drug-likeness (QED) is 0.796. The van der Waals surface area contributed by atoms with Gasteiger partial charge in [-0.3, -0.25) is 0 Å². The lowest BCUT2D eigenvalue weighted by atomic mass is 9.92. The first-order chi connectivity index (χ1) is 10.1. The second kappa shape index (κ2) is 7.84. The van der Waals surface area contributed by atoms with E-state index in [0.717, 1.165) is 29.4 Å². The molecule has 0 aromatic heterocycles. The van der Waals surface area contributed by atoms with Crippen molar-refractivity contribution in [2.24, 2.45) is 5.92 Å². The van der Waals surface area contributed by atoms with E-state index in [9.17, 15) is 0 Å². The van der Waals surface area contributed by atoms with Crippen LogP contribution >= 0.6 is 23.2 Å². The number of benzene rings is 2. The summed E-state index contributed by atoms with van der Waals surface area (Å²) in [5, 5.41) is 4.94. The predicted molar refractivity (Wildman–Crippen MR) is 92.5 cm³/mol. The summed E-state index contributed by atoms with van der Waals surface area (Å²) in [6, 6.07) is 14.4. The smallest absolute Gasteiger partial charge is 0.0440 e. The fourth-order valence-electron chi connectivity index (χ4n) is 2.63. The van der Waals surface area contributed by atoms with E-state index in [4.69, 9.17) is 23.2 Å². The summed E-state index contributed by atoms with van der Waals surface area (Å²) < 4.78 is 0. The third-order valence-electron chi connectivity index (χ3n) is 3.62. The van der Waals surface area contributed by atoms with Gasteiger partial charge in [0.1, 0.15) is 0 Å². The molecule has 1 unspecified atom stereocenters. The first-order valence-electron chi connectivity index (χ1n) is 7.22. The van der Waals surface area contributed by atoms with Crippen molar-refractivity contribution in [1.82, 2.24) is 5.32 Å². The minimum Gasteiger partial charge on any atom is -0.319 e. The monoisotopic (exact) mass is 321 g/mol. The summed E-state index contributed by atoms with van der Waals surface area (Å²) in [6.45, 7) is 3.02. The van der Waals surface area contributed by atoms with Crippen molar-refractivity contribution in [3.63, 3.8) is 0 Å². The third kappa shape index (κ3) is 5.03. The van der Waals surface area contributed by atoms with Gasteiger partial charge in [-0.2, -0.15) is 0 Å². The largest absolute Gasteiger partial charge is 0.319 e. The standard InChI is InChI=1S/C18H21Cl2N/c1-13-6-7-16(18(20)8-13)10-15(12-21-2)9-14-4-3-5-17(19)11-14/h3-8,11,15,21H,9-10,12H2,1-2H3. The molecule has 0 radical (unpaired) electrons. The molecule has 0 aliphatic rings. The molecule has 0 aliphatic heterocycles. The number of aryl methyl sites for hydroxylation is 1. The number of halogens is 2. The van der Waals surface area contributed by atoms with Crippen LogP contribution < -0.4 is 5.32 Å². The first kappa shape index (κ1) is 16.4. The molecule has 112 valence electrons. The molecule has 0 aliphatic carbocycles. The Morgan fingerprint density at radius 1 is 1.05 bits per heavy atom. The van der Waals surface area contributed by atoms with E-state index in [-0.39, 0.29) is 0 Å². The maximum Gasteiger partial charge on any atom is 0.0440 e. The second-order valence-corrected chi connectivity index (χ2v) is 6.40. The van der Waals surface area contributed by atoms with Gasteiger partial charge < -0.3 is 5.32 Å². The van der Waals surface area contributed by atoms with E-state index in [1.54, 1.807) is 0 Å². The van der Waals surface area contributed by atoms with Crippen LogP contribution in [0.25, 0.3) is 0 Å². The van der Waals surface area contributed by atoms with Gasteiger partial charge in [-0.05, 0) is 74.2 Å². The van der Waals surface area contributed by atoms with Crippen LogP contribution in [0.15, 0.2) is 42.5 Å². The zero-order valence-electron chi connectivity index (χ0n) is 12.5. The number of hydrogen-bond acceptors (Lipinski definition) is 1. The van der Waals surface area contributed by atoms with Gasteiger partial charge in [0.05, 0.1) is 0 Å². The summed E-state index contributed by atoms with van der Waals surface area (Å²) in [5.41, 5.74) is 3.68. The molecule has 0 fully saturated rings. The lowest BCUT2D eigenvalue weighted by Crippen LogP contribution is -2.23. The molecular weight excluding hydrogens is 301 g/mol. The molecule has 0 saturated heterocycles. The van der Waals surface area contributed by atoms with E-state index in [1.165, 1.54) is 16.7 Å². The highest BCUT2D eigenvalue weighted by Gasteiger charge is 2.12. The Morgan fingerprint density at radius 3 is 2.52 bits per heavy atom. The lowest BCUT2D eigenvalue weighted by molar-refractivity contribution is 0.493. The van der Waals surface area contributed by atoms with E-state index < -0.39 is 0 Å². The zero-order valence-corrected chi connectivity index (χ0v) is 14.0. The molecule has 1 atom stereocenters. The van der Waals surface area contributed by atoms with Gasteiger partial charge in [0.25, 0.3) is 0 Å². The highest BCUT2D eigenvalue weighted by molar-refractivity contribution is 6.31. The molecule has 2 aromatic carbocycles. The van der Waals surface area contributed by atoms with Crippen molar-refractivity contribution < 1.29 is 0 Å². The van der Waals surface area contributed by atoms with E-state index in [2.05, 4.69) is 30.4 Å². The molecule has 2 rings (SSSR count). The highest BCUT2D eigenvalue weighted by Crippen LogP contribution is 2.23. The average Bonchev–Trinajstić information content (AvgIpc) is 2.42. The van der Waals surface area contributed by atoms with Crippen molar-refractivity contribution in [3.8, 4) is 0 Å². The molecule has 0 heterocycles. The van der Waals surface area contributed by atoms with Gasteiger partial charge in [-0.1, -0.05) is 47.5 Å². The molecule has 0 bridgehead atoms. The summed E-state index contributed by atoms with van der Waals surface area (Å²) in [6.07, 6.45) is 1.96. The SMILES string of the molecule is CNCC(Cc1cccc(Cl)c1)Cc1ccc(C)cc1Cl. The van der Waals surface area contributed by atoms with Crippen LogP contribution in [-0.4, -0.2) is 13.6 Å². The molecule has 1 nitrogen and oxygen atoms in total. The van der Waals surface area contributed by atoms with Crippen LogP contribution in [-0.2, 0) is 12.8 Å². The Morgan fingerprint density at radius 2 is 1.86 bits per heavy atom. The van der Waals surface area contributed by atoms with Crippen molar-refractivity contribution in [2.75, 3.05) is 13.6 Å². The Balaban J connectivity index is 2.11. The summed E-state index contributed by atoms with van der Waals surface area (Å²) in [5.74, 6) is 0.494. The fourth-order valence-corrected chi connectivity index (χ4v) is 3.16. The fraction of sp³-hybridized carbons (Fsp3) is 0.333. The highest BCUT2D eigenvalue weighted by atomic mass is 35.5. The Hall–Kier alpha value is -1.02. The average molecular weight is 322 g/mol. The van der Waals surface area contributed by atoms with Crippen molar-refractivity contribution in [1.29, 1.82) is 0 Å². The van der Waals surface area contributed by atoms with E-state index in [0.29, 0.717) is 5.92 Å². The number of rotatable bonds is 6. The van der Waals surface area contributed by atoms with Gasteiger partial charge >= 0.3 is 0 Å². The third-order valence-corrected chi connectivity index (χ3v) is 4.21. The minimum atomic E-state index is 0.494. The Kier molecular flexibility index (Phi) is 6.10. The van der Waals surface area contributed by atoms with Gasteiger partial charge in [0, 0.05) is 10.0 Å². The molecule has 0 spiro atoms. The van der Waals surface area contributed by atoms with Gasteiger partial charge in [0.2, 0.25) is 0 Å². The van der Waals surface area contributed by atoms with Crippen LogP contribution in [0.3, 0.4) is 0 Å². The second-order valence-electron chi connectivity index (χ2n) is 5.56. The molecule has 2 aromatic rings. The molecule has 3 heteroatoms. The van der Waals surface area contributed by atoms with Gasteiger partial charge in [-0.15, -0.1) is 0 Å². The van der Waals surface area contributed by atoms with Crippen molar-refractivity contribution in [2.45, 2.75) is 19.8 Å². The van der Waals surface area contributed by atoms with Crippen molar-refractivity contribution >= 4 is 23.2 Å². The predicted octanol–water partition coefficient (Wildman–Crippen LogP) is 4.92. The molecule has 0 amide bonds. The van der Waals surface area contributed by atoms with E-state index in [1.807, 2.05) is 31.3 Å². The summed E-state index contributed by atoms with van der Waals surface area (Å²) in [4.78, 5) is 0. The van der Waals surface area contributed by atoms with Crippen LogP contribution in [0.4, 0.5) is 0 Å². The van der Waals surface area contributed by atoms with Crippen LogP contribution in [0.2, 0.25) is 10.0 Å². The number of hydrogen-bond donors (Lipinski definition) is 1. The maximum atomic E-state index is 6.36. The minimum absolute atomic E-state index is 0.494. The molecule has 0 saturated carbocycles. The molecular formula is C18H21Cl2N. The molecule has 1 N–H and O–H groups in total. The van der Waals surface area contributed by atoms with Crippen LogP contribution in [0.1, 0.15) is 16.7 Å². The van der Waals surface area contributed by atoms with Gasteiger partial charge in [-0.25, -0.2) is 0 Å². The summed E-state index contributed by atoms with van der Waals surface area (Å²) >= 11 is 12.4. The zero-order chi connectivity index (χ0) is 15.2. The van der Waals surface area contributed by atoms with Gasteiger partial charge in [0.15, 0.2) is 0 Å². The van der Waals surface area contributed by atoms with E-state index >= 15 is 0 Å². The Bertz CT molecular complexity index is 596. The summed E-state index contributed by atoms with van der Waals surface area (Å²) in [7, 11) is 1.99. The topological polar surface area (TPSA) is 12.0 Å². The lowest BCUT2D eigenvalue weighted by Gasteiger charge is -2.18.